The number of nitrogens with zero attached hydrogens (tertiary/aromatic N) is 3. The van der Waals surface area contributed by atoms with Gasteiger partial charge in [0.15, 0.2) is 5.96 Å². The van der Waals surface area contributed by atoms with Crippen molar-refractivity contribution in [3.63, 3.8) is 0 Å². The highest BCUT2D eigenvalue weighted by molar-refractivity contribution is 5.79. The van der Waals surface area contributed by atoms with Gasteiger partial charge in [0.25, 0.3) is 0 Å². The zero-order valence-corrected chi connectivity index (χ0v) is 17.4. The lowest BCUT2D eigenvalue weighted by molar-refractivity contribution is 0.160. The van der Waals surface area contributed by atoms with Crippen LogP contribution in [0.3, 0.4) is 0 Å². The molecule has 1 aliphatic carbocycles. The average Bonchev–Trinajstić information content (AvgIpc) is 3.01. The maximum atomic E-state index is 5.24. The van der Waals surface area contributed by atoms with Gasteiger partial charge in [-0.05, 0) is 51.9 Å². The number of rotatable bonds is 6. The van der Waals surface area contributed by atoms with Crippen LogP contribution in [-0.2, 0) is 6.42 Å². The molecule has 0 bridgehead atoms. The molecule has 1 aromatic rings. The lowest BCUT2D eigenvalue weighted by atomic mass is 9.88. The van der Waals surface area contributed by atoms with Crippen LogP contribution in [0.2, 0.25) is 0 Å². The molecule has 152 valence electrons. The summed E-state index contributed by atoms with van der Waals surface area (Å²) in [6.07, 6.45) is 10.5. The minimum absolute atomic E-state index is 0.526. The molecule has 0 amide bonds. The minimum Gasteiger partial charge on any atom is -0.361 e. The van der Waals surface area contributed by atoms with E-state index in [1.807, 2.05) is 20.9 Å². The second-order valence-electron chi connectivity index (χ2n) is 8.27. The van der Waals surface area contributed by atoms with Gasteiger partial charge in [0.05, 0.1) is 5.69 Å². The molecule has 2 aliphatic rings. The van der Waals surface area contributed by atoms with E-state index >= 15 is 0 Å². The highest BCUT2D eigenvalue weighted by Crippen LogP contribution is 2.25. The Kier molecular flexibility index (Phi) is 7.56. The second-order valence-corrected chi connectivity index (χ2v) is 8.27. The smallest absolute Gasteiger partial charge is 0.191 e. The van der Waals surface area contributed by atoms with Crippen molar-refractivity contribution in [2.24, 2.45) is 10.9 Å². The molecule has 1 saturated heterocycles. The molecular weight excluding hydrogens is 338 g/mol. The molecule has 6 nitrogen and oxygen atoms in total. The molecule has 1 aliphatic heterocycles. The van der Waals surface area contributed by atoms with Crippen molar-refractivity contribution in [3.8, 4) is 0 Å². The van der Waals surface area contributed by atoms with E-state index in [1.54, 1.807) is 0 Å². The molecular formula is C21H37N5O. The lowest BCUT2D eigenvalue weighted by Crippen LogP contribution is -2.49. The van der Waals surface area contributed by atoms with Gasteiger partial charge < -0.3 is 20.1 Å². The van der Waals surface area contributed by atoms with Gasteiger partial charge in [-0.2, -0.15) is 0 Å². The van der Waals surface area contributed by atoms with Crippen molar-refractivity contribution in [3.05, 3.63) is 17.0 Å². The largest absolute Gasteiger partial charge is 0.361 e. The van der Waals surface area contributed by atoms with Gasteiger partial charge in [-0.3, -0.25) is 4.99 Å². The number of nitrogens with one attached hydrogen (secondary N) is 2. The van der Waals surface area contributed by atoms with E-state index in [0.29, 0.717) is 6.04 Å². The number of hydrogen-bond acceptors (Lipinski definition) is 4. The summed E-state index contributed by atoms with van der Waals surface area (Å²) in [5.41, 5.74) is 2.19. The van der Waals surface area contributed by atoms with Crippen LogP contribution in [0.4, 0.5) is 0 Å². The fraction of sp³-hybridized carbons (Fsp3) is 0.810. The zero-order chi connectivity index (χ0) is 19.1. The third-order valence-corrected chi connectivity index (χ3v) is 6.24. The van der Waals surface area contributed by atoms with Crippen molar-refractivity contribution in [1.82, 2.24) is 20.7 Å². The van der Waals surface area contributed by atoms with Crippen LogP contribution in [0.25, 0.3) is 0 Å². The molecule has 0 unspecified atom stereocenters. The quantitative estimate of drug-likeness (QED) is 0.591. The van der Waals surface area contributed by atoms with Gasteiger partial charge in [-0.15, -0.1) is 0 Å². The van der Waals surface area contributed by atoms with Crippen LogP contribution in [0.15, 0.2) is 9.52 Å². The summed E-state index contributed by atoms with van der Waals surface area (Å²) in [6.45, 7) is 8.55. The predicted octanol–water partition coefficient (Wildman–Crippen LogP) is 3.04. The lowest BCUT2D eigenvalue weighted by Gasteiger charge is -2.36. The van der Waals surface area contributed by atoms with E-state index in [2.05, 4.69) is 25.7 Å². The van der Waals surface area contributed by atoms with Gasteiger partial charge >= 0.3 is 0 Å². The first-order valence-electron chi connectivity index (χ1n) is 10.8. The predicted molar refractivity (Wildman–Crippen MR) is 110 cm³/mol. The first-order valence-corrected chi connectivity index (χ1v) is 10.8. The first kappa shape index (κ1) is 20.2. The molecule has 3 rings (SSSR count). The number of likely N-dealkylation sites (tertiary alicyclic amines) is 1. The molecule has 0 radical (unpaired) electrons. The Hall–Kier alpha value is -1.56. The first-order chi connectivity index (χ1) is 13.2. The molecule has 2 fully saturated rings. The van der Waals surface area contributed by atoms with Crippen LogP contribution in [0.1, 0.15) is 62.0 Å². The summed E-state index contributed by atoms with van der Waals surface area (Å²) in [7, 11) is 1.85. The molecule has 1 aromatic heterocycles. The number of guanidine groups is 1. The third kappa shape index (κ3) is 5.96. The summed E-state index contributed by atoms with van der Waals surface area (Å²) >= 11 is 0. The number of aromatic nitrogens is 1. The normalized spacial score (nSPS) is 20.8. The van der Waals surface area contributed by atoms with E-state index in [-0.39, 0.29) is 0 Å². The van der Waals surface area contributed by atoms with Crippen LogP contribution < -0.4 is 10.6 Å². The number of aliphatic imine (C=N–C) groups is 1. The molecule has 6 heteroatoms. The number of piperidine rings is 1. The van der Waals surface area contributed by atoms with Crippen LogP contribution in [0.5, 0.6) is 0 Å². The van der Waals surface area contributed by atoms with Crippen LogP contribution in [-0.4, -0.2) is 55.3 Å². The summed E-state index contributed by atoms with van der Waals surface area (Å²) in [5.74, 6) is 2.78. The highest BCUT2D eigenvalue weighted by atomic mass is 16.5. The van der Waals surface area contributed by atoms with Gasteiger partial charge in [0.2, 0.25) is 0 Å². The van der Waals surface area contributed by atoms with E-state index in [0.717, 1.165) is 36.3 Å². The second kappa shape index (κ2) is 10.1. The summed E-state index contributed by atoms with van der Waals surface area (Å²) < 4.78 is 5.24. The van der Waals surface area contributed by atoms with Gasteiger partial charge in [-0.25, -0.2) is 0 Å². The third-order valence-electron chi connectivity index (χ3n) is 6.24. The number of hydrogen-bond donors (Lipinski definition) is 2. The Morgan fingerprint density at radius 1 is 1.15 bits per heavy atom. The topological polar surface area (TPSA) is 65.7 Å². The van der Waals surface area contributed by atoms with E-state index in [9.17, 15) is 0 Å². The van der Waals surface area contributed by atoms with Gasteiger partial charge in [0, 0.05) is 44.8 Å². The van der Waals surface area contributed by atoms with Crippen molar-refractivity contribution < 1.29 is 4.52 Å². The zero-order valence-electron chi connectivity index (χ0n) is 17.4. The Morgan fingerprint density at radius 2 is 1.89 bits per heavy atom. The van der Waals surface area contributed by atoms with Crippen molar-refractivity contribution in [1.29, 1.82) is 0 Å². The molecule has 2 N–H and O–H groups in total. The maximum absolute atomic E-state index is 5.24. The summed E-state index contributed by atoms with van der Waals surface area (Å²) in [5, 5.41) is 11.1. The standard InChI is InChI=1S/C21H37N5O/c1-16-20(17(2)27-25-16)9-12-23-21(22-3)24-19-10-13-26(14-11-19)15-18-7-5-4-6-8-18/h18-19H,4-15H2,1-3H3,(H2,22,23,24). The average molecular weight is 376 g/mol. The van der Waals surface area contributed by atoms with Gasteiger partial charge in [0.1, 0.15) is 5.76 Å². The maximum Gasteiger partial charge on any atom is 0.191 e. The van der Waals surface area contributed by atoms with E-state index in [4.69, 9.17) is 4.52 Å². The number of aryl methyl sites for hydroxylation is 2. The Morgan fingerprint density at radius 3 is 2.52 bits per heavy atom. The highest BCUT2D eigenvalue weighted by Gasteiger charge is 2.23. The fourth-order valence-electron chi connectivity index (χ4n) is 4.55. The van der Waals surface area contributed by atoms with Crippen LogP contribution >= 0.6 is 0 Å². The van der Waals surface area contributed by atoms with E-state index < -0.39 is 0 Å². The van der Waals surface area contributed by atoms with Crippen molar-refractivity contribution in [2.45, 2.75) is 71.3 Å². The Labute approximate surface area is 164 Å². The Balaban J connectivity index is 1.35. The van der Waals surface area contributed by atoms with E-state index in [1.165, 1.54) is 70.1 Å². The molecule has 0 aromatic carbocycles. The van der Waals surface area contributed by atoms with Crippen LogP contribution in [0, 0.1) is 19.8 Å². The van der Waals surface area contributed by atoms with Gasteiger partial charge in [-0.1, -0.05) is 24.4 Å². The van der Waals surface area contributed by atoms with Crippen molar-refractivity contribution in [2.75, 3.05) is 33.2 Å². The Bertz CT molecular complexity index is 578. The summed E-state index contributed by atoms with van der Waals surface area (Å²) in [4.78, 5) is 7.08. The molecule has 27 heavy (non-hydrogen) atoms. The molecule has 1 saturated carbocycles. The monoisotopic (exact) mass is 375 g/mol. The SMILES string of the molecule is CN=C(NCCc1c(C)noc1C)NC1CCN(CC2CCCCC2)CC1. The van der Waals surface area contributed by atoms with Crippen molar-refractivity contribution >= 4 is 5.96 Å². The molecule has 2 heterocycles. The molecule has 0 atom stereocenters. The molecule has 0 spiro atoms. The minimum atomic E-state index is 0.526. The summed E-state index contributed by atoms with van der Waals surface area (Å²) in [6, 6.07) is 0.526. The fourth-order valence-corrected chi connectivity index (χ4v) is 4.55.